The molecule has 1 saturated heterocycles. The molecule has 3 nitrogen and oxygen atoms in total. The van der Waals surface area contributed by atoms with Gasteiger partial charge in [0.15, 0.2) is 0 Å². The van der Waals surface area contributed by atoms with Crippen molar-refractivity contribution >= 4 is 10.0 Å². The Morgan fingerprint density at radius 1 is 1.15 bits per heavy atom. The monoisotopic (exact) mass is 205 g/mol. The lowest BCUT2D eigenvalue weighted by molar-refractivity contribution is 0.326. The molecule has 1 heterocycles. The summed E-state index contributed by atoms with van der Waals surface area (Å²) in [6.07, 6.45) is 5.64. The van der Waals surface area contributed by atoms with Crippen molar-refractivity contribution < 1.29 is 8.42 Å². The Hall–Kier alpha value is -0.0900. The highest BCUT2D eigenvalue weighted by Gasteiger charge is 2.18. The Morgan fingerprint density at radius 2 is 1.62 bits per heavy atom. The van der Waals surface area contributed by atoms with Crippen molar-refractivity contribution in [3.8, 4) is 0 Å². The van der Waals surface area contributed by atoms with Crippen molar-refractivity contribution in [1.82, 2.24) is 4.31 Å². The molecule has 13 heavy (non-hydrogen) atoms. The van der Waals surface area contributed by atoms with E-state index in [9.17, 15) is 8.42 Å². The van der Waals surface area contributed by atoms with E-state index in [1.165, 1.54) is 6.26 Å². The lowest BCUT2D eigenvalue weighted by Crippen LogP contribution is -2.33. The molecule has 1 rings (SSSR count). The molecule has 4 heteroatoms. The van der Waals surface area contributed by atoms with Gasteiger partial charge in [-0.3, -0.25) is 0 Å². The zero-order valence-corrected chi connectivity index (χ0v) is 9.31. The van der Waals surface area contributed by atoms with E-state index in [1.54, 1.807) is 4.31 Å². The first-order chi connectivity index (χ1) is 6.00. The lowest BCUT2D eigenvalue weighted by Gasteiger charge is -2.24. The minimum atomic E-state index is -2.95. The van der Waals surface area contributed by atoms with Gasteiger partial charge >= 0.3 is 0 Å². The van der Waals surface area contributed by atoms with E-state index >= 15 is 0 Å². The van der Waals surface area contributed by atoms with Crippen LogP contribution in [0.2, 0.25) is 0 Å². The fourth-order valence-corrected chi connectivity index (χ4v) is 2.74. The van der Waals surface area contributed by atoms with Crippen LogP contribution in [0.5, 0.6) is 0 Å². The van der Waals surface area contributed by atoms with Crippen molar-refractivity contribution in [2.45, 2.75) is 32.6 Å². The topological polar surface area (TPSA) is 37.4 Å². The van der Waals surface area contributed by atoms with Crippen LogP contribution in [0.25, 0.3) is 0 Å². The summed E-state index contributed by atoms with van der Waals surface area (Å²) in [6.45, 7) is 3.67. The maximum atomic E-state index is 11.3. The molecule has 0 saturated carbocycles. The first-order valence-electron chi connectivity index (χ1n) is 4.95. The van der Waals surface area contributed by atoms with E-state index < -0.39 is 10.0 Å². The van der Waals surface area contributed by atoms with Gasteiger partial charge in [-0.25, -0.2) is 12.7 Å². The number of nitrogens with zero attached hydrogens (tertiary/aromatic N) is 1. The third-order valence-electron chi connectivity index (χ3n) is 2.68. The molecule has 0 atom stereocenters. The van der Waals surface area contributed by atoms with Crippen molar-refractivity contribution in [3.05, 3.63) is 0 Å². The molecule has 0 aliphatic carbocycles. The SMILES string of the molecule is CC1CCCN(S(C)(=O)=O)CCC1. The van der Waals surface area contributed by atoms with Gasteiger partial charge in [-0.2, -0.15) is 0 Å². The van der Waals surface area contributed by atoms with E-state index in [2.05, 4.69) is 6.92 Å². The first-order valence-corrected chi connectivity index (χ1v) is 6.80. The van der Waals surface area contributed by atoms with Gasteiger partial charge in [0, 0.05) is 13.1 Å². The summed E-state index contributed by atoms with van der Waals surface area (Å²) in [5.74, 6) is 0.765. The van der Waals surface area contributed by atoms with Gasteiger partial charge in [0.1, 0.15) is 0 Å². The summed E-state index contributed by atoms with van der Waals surface area (Å²) in [5.41, 5.74) is 0. The zero-order chi connectivity index (χ0) is 9.90. The second-order valence-electron chi connectivity index (χ2n) is 4.05. The van der Waals surface area contributed by atoms with Crippen LogP contribution in [0, 0.1) is 5.92 Å². The molecule has 1 fully saturated rings. The molecular weight excluding hydrogens is 186 g/mol. The third-order valence-corrected chi connectivity index (χ3v) is 3.98. The fourth-order valence-electron chi connectivity index (χ4n) is 1.82. The van der Waals surface area contributed by atoms with Crippen molar-refractivity contribution in [2.75, 3.05) is 19.3 Å². The maximum absolute atomic E-state index is 11.3. The second-order valence-corrected chi connectivity index (χ2v) is 6.03. The highest BCUT2D eigenvalue weighted by atomic mass is 32.2. The van der Waals surface area contributed by atoms with Crippen LogP contribution >= 0.6 is 0 Å². The third kappa shape index (κ3) is 3.65. The summed E-state index contributed by atoms with van der Waals surface area (Å²) in [7, 11) is -2.95. The number of hydrogen-bond donors (Lipinski definition) is 0. The van der Waals surface area contributed by atoms with Crippen molar-refractivity contribution in [1.29, 1.82) is 0 Å². The highest BCUT2D eigenvalue weighted by molar-refractivity contribution is 7.88. The van der Waals surface area contributed by atoms with Crippen LogP contribution in [0.3, 0.4) is 0 Å². The largest absolute Gasteiger partial charge is 0.213 e. The molecule has 0 radical (unpaired) electrons. The molecule has 0 aromatic rings. The van der Waals surface area contributed by atoms with Crippen LogP contribution in [0.1, 0.15) is 32.6 Å². The Bertz CT molecular complexity index is 238. The summed E-state index contributed by atoms with van der Waals surface area (Å²) < 4.78 is 24.1. The van der Waals surface area contributed by atoms with E-state index in [-0.39, 0.29) is 0 Å². The van der Waals surface area contributed by atoms with E-state index in [0.717, 1.165) is 31.6 Å². The van der Waals surface area contributed by atoms with Crippen LogP contribution in [0.4, 0.5) is 0 Å². The summed E-state index contributed by atoms with van der Waals surface area (Å²) in [5, 5.41) is 0. The fraction of sp³-hybridized carbons (Fsp3) is 1.00. The second kappa shape index (κ2) is 4.42. The summed E-state index contributed by atoms with van der Waals surface area (Å²) >= 11 is 0. The normalized spacial score (nSPS) is 23.8. The van der Waals surface area contributed by atoms with Gasteiger partial charge in [-0.15, -0.1) is 0 Å². The van der Waals surface area contributed by atoms with Gasteiger partial charge in [0.2, 0.25) is 10.0 Å². The van der Waals surface area contributed by atoms with Crippen LogP contribution in [-0.4, -0.2) is 32.1 Å². The van der Waals surface area contributed by atoms with E-state index in [0.29, 0.717) is 13.1 Å². The molecule has 0 aromatic heterocycles. The van der Waals surface area contributed by atoms with Gasteiger partial charge < -0.3 is 0 Å². The molecule has 1 aliphatic heterocycles. The van der Waals surface area contributed by atoms with Crippen LogP contribution < -0.4 is 0 Å². The van der Waals surface area contributed by atoms with Gasteiger partial charge in [-0.05, 0) is 31.6 Å². The average molecular weight is 205 g/mol. The molecule has 0 unspecified atom stereocenters. The highest BCUT2D eigenvalue weighted by Crippen LogP contribution is 2.18. The molecule has 0 bridgehead atoms. The molecular formula is C9H19NO2S. The zero-order valence-electron chi connectivity index (χ0n) is 8.49. The predicted octanol–water partition coefficient (Wildman–Crippen LogP) is 1.46. The number of sulfonamides is 1. The Morgan fingerprint density at radius 3 is 2.00 bits per heavy atom. The van der Waals surface area contributed by atoms with Gasteiger partial charge in [0.05, 0.1) is 6.26 Å². The molecule has 1 aliphatic rings. The van der Waals surface area contributed by atoms with Gasteiger partial charge in [-0.1, -0.05) is 6.92 Å². The quantitative estimate of drug-likeness (QED) is 0.650. The van der Waals surface area contributed by atoms with E-state index in [4.69, 9.17) is 0 Å². The Balaban J connectivity index is 2.51. The molecule has 0 amide bonds. The smallest absolute Gasteiger partial charge is 0.211 e. The van der Waals surface area contributed by atoms with Crippen molar-refractivity contribution in [2.24, 2.45) is 5.92 Å². The Labute approximate surface area is 81.2 Å². The first kappa shape index (κ1) is 11.0. The minimum absolute atomic E-state index is 0.711. The predicted molar refractivity (Wildman–Crippen MR) is 54.0 cm³/mol. The summed E-state index contributed by atoms with van der Waals surface area (Å²) in [6, 6.07) is 0. The summed E-state index contributed by atoms with van der Waals surface area (Å²) in [4.78, 5) is 0. The van der Waals surface area contributed by atoms with Crippen LogP contribution in [0.15, 0.2) is 0 Å². The van der Waals surface area contributed by atoms with Crippen LogP contribution in [-0.2, 0) is 10.0 Å². The standard InChI is InChI=1S/C9H19NO2S/c1-9-5-3-7-10(8-4-6-9)13(2,11)12/h9H,3-8H2,1-2H3. The number of hydrogen-bond acceptors (Lipinski definition) is 2. The average Bonchev–Trinajstić information content (AvgIpc) is 1.93. The number of rotatable bonds is 1. The molecule has 0 N–H and O–H groups in total. The maximum Gasteiger partial charge on any atom is 0.211 e. The van der Waals surface area contributed by atoms with Gasteiger partial charge in [0.25, 0.3) is 0 Å². The minimum Gasteiger partial charge on any atom is -0.213 e. The molecule has 0 spiro atoms. The molecule has 0 aromatic carbocycles. The Kier molecular flexibility index (Phi) is 3.74. The van der Waals surface area contributed by atoms with Crippen molar-refractivity contribution in [3.63, 3.8) is 0 Å². The van der Waals surface area contributed by atoms with E-state index in [1.807, 2.05) is 0 Å². The molecule has 78 valence electrons. The lowest BCUT2D eigenvalue weighted by atomic mass is 9.98.